The van der Waals surface area contributed by atoms with Gasteiger partial charge in [0.05, 0.1) is 10.6 Å². The normalized spacial score (nSPS) is 11.0. The van der Waals surface area contributed by atoms with E-state index in [0.717, 1.165) is 6.07 Å². The third-order valence-corrected chi connectivity index (χ3v) is 4.86. The average Bonchev–Trinajstić information content (AvgIpc) is 2.57. The number of hydrogen-bond acceptors (Lipinski definition) is 4. The van der Waals surface area contributed by atoms with Gasteiger partial charge < -0.3 is 10.6 Å². The molecule has 3 N–H and O–H groups in total. The molecule has 0 fully saturated rings. The maximum atomic E-state index is 13.9. The van der Waals surface area contributed by atoms with Crippen LogP contribution in [0.4, 0.5) is 15.8 Å². The van der Waals surface area contributed by atoms with Crippen molar-refractivity contribution in [3.8, 4) is 0 Å². The van der Waals surface area contributed by atoms with Gasteiger partial charge in [-0.05, 0) is 42.5 Å². The Morgan fingerprint density at radius 3 is 2.27 bits per heavy atom. The van der Waals surface area contributed by atoms with E-state index >= 15 is 0 Å². The molecule has 0 unspecified atom stereocenters. The molecule has 0 atom stereocenters. The van der Waals surface area contributed by atoms with Crippen molar-refractivity contribution in [2.24, 2.45) is 0 Å². The zero-order valence-electron chi connectivity index (χ0n) is 14.2. The van der Waals surface area contributed by atoms with Gasteiger partial charge in [-0.15, -0.1) is 0 Å². The van der Waals surface area contributed by atoms with E-state index in [1.807, 2.05) is 0 Å². The first-order chi connectivity index (χ1) is 12.2. The Hall–Kier alpha value is -2.78. The largest absolute Gasteiger partial charge is 0.326 e. The third-order valence-electron chi connectivity index (χ3n) is 3.30. The molecule has 0 saturated heterocycles. The highest BCUT2D eigenvalue weighted by atomic mass is 32.2. The van der Waals surface area contributed by atoms with E-state index in [-0.39, 0.29) is 28.6 Å². The predicted octanol–water partition coefficient (Wildman–Crippen LogP) is 2.33. The predicted molar refractivity (Wildman–Crippen MR) is 96.0 cm³/mol. The number of rotatable bonds is 6. The van der Waals surface area contributed by atoms with E-state index in [0.29, 0.717) is 5.69 Å². The third kappa shape index (κ3) is 4.87. The summed E-state index contributed by atoms with van der Waals surface area (Å²) < 4.78 is 40.0. The quantitative estimate of drug-likeness (QED) is 0.716. The van der Waals surface area contributed by atoms with E-state index in [9.17, 15) is 22.4 Å². The van der Waals surface area contributed by atoms with E-state index < -0.39 is 21.7 Å². The van der Waals surface area contributed by atoms with E-state index in [4.69, 9.17) is 0 Å². The molecular weight excluding hydrogens is 361 g/mol. The standard InChI is InChI=1S/C17H18FN3O4S/c1-3-19-26(24,25)14-7-4-12(5-8-14)17(23)21-16-10-13(20-11(2)22)6-9-15(16)18/h4-10,19H,3H2,1-2H3,(H,20,22)(H,21,23). The molecule has 2 aromatic carbocycles. The van der Waals surface area contributed by atoms with Gasteiger partial charge in [0.1, 0.15) is 5.82 Å². The van der Waals surface area contributed by atoms with Crippen LogP contribution in [0, 0.1) is 5.82 Å². The Kier molecular flexibility index (Phi) is 6.06. The Morgan fingerprint density at radius 2 is 1.69 bits per heavy atom. The van der Waals surface area contributed by atoms with Crippen molar-refractivity contribution in [3.63, 3.8) is 0 Å². The SMILES string of the molecule is CCNS(=O)(=O)c1ccc(C(=O)Nc2cc(NC(C)=O)ccc2F)cc1. The molecule has 2 aromatic rings. The molecule has 138 valence electrons. The lowest BCUT2D eigenvalue weighted by atomic mass is 10.2. The topological polar surface area (TPSA) is 104 Å². The Bertz CT molecular complexity index is 928. The Labute approximate surface area is 150 Å². The molecule has 7 nitrogen and oxygen atoms in total. The summed E-state index contributed by atoms with van der Waals surface area (Å²) in [4.78, 5) is 23.3. The van der Waals surface area contributed by atoms with E-state index in [1.54, 1.807) is 6.92 Å². The van der Waals surface area contributed by atoms with Gasteiger partial charge in [-0.1, -0.05) is 6.92 Å². The van der Waals surface area contributed by atoms with Crippen molar-refractivity contribution in [2.75, 3.05) is 17.2 Å². The molecule has 26 heavy (non-hydrogen) atoms. The molecule has 0 bridgehead atoms. The number of halogens is 1. The molecule has 0 heterocycles. The summed E-state index contributed by atoms with van der Waals surface area (Å²) in [5.41, 5.74) is 0.386. The second kappa shape index (κ2) is 8.07. The van der Waals surface area contributed by atoms with Crippen molar-refractivity contribution in [2.45, 2.75) is 18.7 Å². The lowest BCUT2D eigenvalue weighted by Gasteiger charge is -2.10. The fourth-order valence-electron chi connectivity index (χ4n) is 2.16. The summed E-state index contributed by atoms with van der Waals surface area (Å²) in [6.45, 7) is 3.21. The number of sulfonamides is 1. The number of anilines is 2. The number of hydrogen-bond donors (Lipinski definition) is 3. The summed E-state index contributed by atoms with van der Waals surface area (Å²) >= 11 is 0. The maximum absolute atomic E-state index is 13.9. The van der Waals surface area contributed by atoms with Crippen molar-refractivity contribution in [1.82, 2.24) is 4.72 Å². The van der Waals surface area contributed by atoms with Crippen LogP contribution in [0.3, 0.4) is 0 Å². The molecule has 0 saturated carbocycles. The van der Waals surface area contributed by atoms with Gasteiger partial charge in [0, 0.05) is 24.7 Å². The van der Waals surface area contributed by atoms with Crippen LogP contribution in [0.15, 0.2) is 47.4 Å². The molecule has 0 aliphatic rings. The highest BCUT2D eigenvalue weighted by molar-refractivity contribution is 7.89. The molecule has 2 rings (SSSR count). The molecule has 0 aliphatic carbocycles. The van der Waals surface area contributed by atoms with Crippen molar-refractivity contribution >= 4 is 33.2 Å². The van der Waals surface area contributed by atoms with Crippen molar-refractivity contribution in [3.05, 3.63) is 53.8 Å². The lowest BCUT2D eigenvalue weighted by Crippen LogP contribution is -2.23. The first kappa shape index (κ1) is 19.5. The summed E-state index contributed by atoms with van der Waals surface area (Å²) in [5, 5.41) is 4.88. The Balaban J connectivity index is 2.19. The summed E-state index contributed by atoms with van der Waals surface area (Å²) in [5.74, 6) is -1.61. The molecule has 2 amide bonds. The fourth-order valence-corrected chi connectivity index (χ4v) is 3.20. The highest BCUT2D eigenvalue weighted by Gasteiger charge is 2.15. The summed E-state index contributed by atoms with van der Waals surface area (Å²) in [6.07, 6.45) is 0. The van der Waals surface area contributed by atoms with Crippen LogP contribution >= 0.6 is 0 Å². The van der Waals surface area contributed by atoms with Gasteiger partial charge in [0.2, 0.25) is 15.9 Å². The minimum absolute atomic E-state index is 0.0229. The Morgan fingerprint density at radius 1 is 1.04 bits per heavy atom. The number of nitrogens with one attached hydrogen (secondary N) is 3. The van der Waals surface area contributed by atoms with Gasteiger partial charge >= 0.3 is 0 Å². The van der Waals surface area contributed by atoms with Crippen LogP contribution in [0.5, 0.6) is 0 Å². The van der Waals surface area contributed by atoms with Crippen molar-refractivity contribution < 1.29 is 22.4 Å². The first-order valence-electron chi connectivity index (χ1n) is 7.71. The zero-order chi connectivity index (χ0) is 19.3. The molecule has 0 radical (unpaired) electrons. The monoisotopic (exact) mass is 379 g/mol. The first-order valence-corrected chi connectivity index (χ1v) is 9.19. The maximum Gasteiger partial charge on any atom is 0.255 e. The average molecular weight is 379 g/mol. The second-order valence-electron chi connectivity index (χ2n) is 5.36. The second-order valence-corrected chi connectivity index (χ2v) is 7.12. The number of benzene rings is 2. The molecule has 0 aromatic heterocycles. The molecule has 0 aliphatic heterocycles. The molecule has 0 spiro atoms. The minimum Gasteiger partial charge on any atom is -0.326 e. The van der Waals surface area contributed by atoms with Crippen LogP contribution in [0.2, 0.25) is 0 Å². The molecular formula is C17H18FN3O4S. The smallest absolute Gasteiger partial charge is 0.255 e. The minimum atomic E-state index is -3.62. The van der Waals surface area contributed by atoms with Gasteiger partial charge in [0.15, 0.2) is 0 Å². The van der Waals surface area contributed by atoms with Crippen LogP contribution < -0.4 is 15.4 Å². The summed E-state index contributed by atoms with van der Waals surface area (Å²) in [6, 6.07) is 9.01. The van der Waals surface area contributed by atoms with E-state index in [2.05, 4.69) is 15.4 Å². The fraction of sp³-hybridized carbons (Fsp3) is 0.176. The van der Waals surface area contributed by atoms with E-state index in [1.165, 1.54) is 43.3 Å². The molecule has 9 heteroatoms. The van der Waals surface area contributed by atoms with Gasteiger partial charge in [-0.3, -0.25) is 9.59 Å². The zero-order valence-corrected chi connectivity index (χ0v) is 15.0. The van der Waals surface area contributed by atoms with Crippen LogP contribution in [0.25, 0.3) is 0 Å². The summed E-state index contributed by atoms with van der Waals surface area (Å²) in [7, 11) is -3.62. The van der Waals surface area contributed by atoms with Gasteiger partial charge in [-0.2, -0.15) is 0 Å². The van der Waals surface area contributed by atoms with Crippen LogP contribution in [-0.2, 0) is 14.8 Å². The van der Waals surface area contributed by atoms with Gasteiger partial charge in [-0.25, -0.2) is 17.5 Å². The highest BCUT2D eigenvalue weighted by Crippen LogP contribution is 2.21. The number of carbonyl (C=O) groups excluding carboxylic acids is 2. The lowest BCUT2D eigenvalue weighted by molar-refractivity contribution is -0.114. The van der Waals surface area contributed by atoms with Crippen molar-refractivity contribution in [1.29, 1.82) is 0 Å². The number of carbonyl (C=O) groups is 2. The van der Waals surface area contributed by atoms with Gasteiger partial charge in [0.25, 0.3) is 5.91 Å². The number of amides is 2. The van der Waals surface area contributed by atoms with Crippen LogP contribution in [-0.4, -0.2) is 26.8 Å². The van der Waals surface area contributed by atoms with Crippen LogP contribution in [0.1, 0.15) is 24.2 Å².